The van der Waals surface area contributed by atoms with E-state index in [1.54, 1.807) is 42.5 Å². The lowest BCUT2D eigenvalue weighted by Gasteiger charge is -2.24. The smallest absolute Gasteiger partial charge is 0.251 e. The number of rotatable bonds is 7. The quantitative estimate of drug-likeness (QED) is 0.685. The number of nitrogens with zero attached hydrogens (tertiary/aromatic N) is 1. The van der Waals surface area contributed by atoms with Gasteiger partial charge in [0, 0.05) is 18.7 Å². The fourth-order valence-corrected chi connectivity index (χ4v) is 4.45. The SMILES string of the molecule is CS(=O)(=O)N(Cc1ccc(C(=O)NCC2CCCO2)cc1)c1cccc(Cl)c1Cl. The molecule has 0 aromatic heterocycles. The first-order valence-corrected chi connectivity index (χ1v) is 11.8. The van der Waals surface area contributed by atoms with Crippen molar-refractivity contribution in [2.75, 3.05) is 23.7 Å². The molecule has 3 rings (SSSR count). The van der Waals surface area contributed by atoms with E-state index in [0.717, 1.165) is 25.7 Å². The molecule has 2 aromatic rings. The summed E-state index contributed by atoms with van der Waals surface area (Å²) in [7, 11) is -3.60. The molecule has 1 amide bonds. The maximum atomic E-state index is 12.3. The lowest BCUT2D eigenvalue weighted by atomic mass is 10.1. The third kappa shape index (κ3) is 5.63. The topological polar surface area (TPSA) is 75.7 Å². The molecule has 1 fully saturated rings. The van der Waals surface area contributed by atoms with E-state index in [-0.39, 0.29) is 28.6 Å². The second kappa shape index (κ2) is 9.34. The Balaban J connectivity index is 1.72. The van der Waals surface area contributed by atoms with Gasteiger partial charge in [-0.15, -0.1) is 0 Å². The highest BCUT2D eigenvalue weighted by Gasteiger charge is 2.22. The van der Waals surface area contributed by atoms with Crippen LogP contribution in [0.3, 0.4) is 0 Å². The van der Waals surface area contributed by atoms with E-state index in [1.165, 1.54) is 4.31 Å². The zero-order valence-corrected chi connectivity index (χ0v) is 18.2. The summed E-state index contributed by atoms with van der Waals surface area (Å²) in [4.78, 5) is 12.3. The number of halogens is 2. The molecule has 9 heteroatoms. The highest BCUT2D eigenvalue weighted by molar-refractivity contribution is 7.92. The number of nitrogens with one attached hydrogen (secondary N) is 1. The van der Waals surface area contributed by atoms with Gasteiger partial charge >= 0.3 is 0 Å². The van der Waals surface area contributed by atoms with Crippen LogP contribution in [0.1, 0.15) is 28.8 Å². The van der Waals surface area contributed by atoms with Crippen LogP contribution >= 0.6 is 23.2 Å². The predicted molar refractivity (Wildman–Crippen MR) is 115 cm³/mol. The molecule has 6 nitrogen and oxygen atoms in total. The fraction of sp³-hybridized carbons (Fsp3) is 0.350. The first-order valence-electron chi connectivity index (χ1n) is 9.16. The van der Waals surface area contributed by atoms with Gasteiger partial charge in [-0.2, -0.15) is 0 Å². The second-order valence-corrected chi connectivity index (χ2v) is 9.58. The summed E-state index contributed by atoms with van der Waals surface area (Å²) in [6.45, 7) is 1.29. The third-order valence-electron chi connectivity index (χ3n) is 4.66. The molecule has 0 saturated carbocycles. The lowest BCUT2D eigenvalue weighted by Crippen LogP contribution is -2.32. The number of carbonyl (C=O) groups excluding carboxylic acids is 1. The minimum Gasteiger partial charge on any atom is -0.376 e. The molecule has 0 radical (unpaired) electrons. The Morgan fingerprint density at radius 1 is 1.21 bits per heavy atom. The molecular weight excluding hydrogens is 435 g/mol. The molecular formula is C20H22Cl2N2O4S. The third-order valence-corrected chi connectivity index (χ3v) is 6.59. The highest BCUT2D eigenvalue weighted by Crippen LogP contribution is 2.34. The molecule has 0 aliphatic carbocycles. The molecule has 2 aromatic carbocycles. The summed E-state index contributed by atoms with van der Waals surface area (Å²) in [6, 6.07) is 11.6. The van der Waals surface area contributed by atoms with E-state index in [1.807, 2.05) is 0 Å². The van der Waals surface area contributed by atoms with Gasteiger partial charge in [0.25, 0.3) is 5.91 Å². The van der Waals surface area contributed by atoms with Gasteiger partial charge in [0.2, 0.25) is 10.0 Å². The molecule has 156 valence electrons. The van der Waals surface area contributed by atoms with Crippen LogP contribution in [0.15, 0.2) is 42.5 Å². The minimum atomic E-state index is -3.60. The standard InChI is InChI=1S/C20H22Cl2N2O4S/c1-29(26,27)24(18-6-2-5-17(21)19(18)22)13-14-7-9-15(10-8-14)20(25)23-12-16-4-3-11-28-16/h2,5-10,16H,3-4,11-13H2,1H3,(H,23,25). The Kier molecular flexibility index (Phi) is 7.05. The largest absolute Gasteiger partial charge is 0.376 e. The molecule has 1 aliphatic rings. The Morgan fingerprint density at radius 2 is 1.93 bits per heavy atom. The number of carbonyl (C=O) groups is 1. The van der Waals surface area contributed by atoms with E-state index in [9.17, 15) is 13.2 Å². The number of anilines is 1. The molecule has 1 saturated heterocycles. The number of amides is 1. The zero-order valence-electron chi connectivity index (χ0n) is 15.9. The van der Waals surface area contributed by atoms with E-state index in [2.05, 4.69) is 5.32 Å². The monoisotopic (exact) mass is 456 g/mol. The molecule has 29 heavy (non-hydrogen) atoms. The van der Waals surface area contributed by atoms with E-state index >= 15 is 0 Å². The van der Waals surface area contributed by atoms with Crippen molar-refractivity contribution in [2.24, 2.45) is 0 Å². The van der Waals surface area contributed by atoms with Gasteiger partial charge < -0.3 is 10.1 Å². The van der Waals surface area contributed by atoms with Crippen molar-refractivity contribution in [3.05, 3.63) is 63.6 Å². The summed E-state index contributed by atoms with van der Waals surface area (Å²) in [6.07, 6.45) is 3.15. The minimum absolute atomic E-state index is 0.0662. The van der Waals surface area contributed by atoms with Crippen LogP contribution in [-0.2, 0) is 21.3 Å². The van der Waals surface area contributed by atoms with Crippen molar-refractivity contribution in [3.8, 4) is 0 Å². The molecule has 0 bridgehead atoms. The van der Waals surface area contributed by atoms with Crippen molar-refractivity contribution in [1.29, 1.82) is 0 Å². The second-order valence-electron chi connectivity index (χ2n) is 6.88. The number of benzene rings is 2. The van der Waals surface area contributed by atoms with Crippen molar-refractivity contribution >= 4 is 44.8 Å². The van der Waals surface area contributed by atoms with Crippen molar-refractivity contribution < 1.29 is 17.9 Å². The Bertz CT molecular complexity index is 974. The van der Waals surface area contributed by atoms with Gasteiger partial charge in [0.05, 0.1) is 34.6 Å². The van der Waals surface area contributed by atoms with E-state index < -0.39 is 10.0 Å². The molecule has 1 unspecified atom stereocenters. The van der Waals surface area contributed by atoms with Crippen molar-refractivity contribution in [3.63, 3.8) is 0 Å². The Labute approximate surface area is 180 Å². The van der Waals surface area contributed by atoms with Crippen molar-refractivity contribution in [2.45, 2.75) is 25.5 Å². The number of ether oxygens (including phenoxy) is 1. The number of hydrogen-bond acceptors (Lipinski definition) is 4. The average molecular weight is 457 g/mol. The lowest BCUT2D eigenvalue weighted by molar-refractivity contribution is 0.0858. The van der Waals surface area contributed by atoms with Crippen LogP contribution < -0.4 is 9.62 Å². The summed E-state index contributed by atoms with van der Waals surface area (Å²) in [5, 5.41) is 3.31. The van der Waals surface area contributed by atoms with Gasteiger partial charge in [0.1, 0.15) is 0 Å². The average Bonchev–Trinajstić information content (AvgIpc) is 3.20. The van der Waals surface area contributed by atoms with Crippen molar-refractivity contribution in [1.82, 2.24) is 5.32 Å². The number of hydrogen-bond donors (Lipinski definition) is 1. The fourth-order valence-electron chi connectivity index (χ4n) is 3.11. The maximum absolute atomic E-state index is 12.3. The first kappa shape index (κ1) is 21.9. The normalized spacial score (nSPS) is 16.6. The van der Waals surface area contributed by atoms with E-state index in [0.29, 0.717) is 23.4 Å². The van der Waals surface area contributed by atoms with E-state index in [4.69, 9.17) is 27.9 Å². The van der Waals surface area contributed by atoms with Gasteiger partial charge in [0.15, 0.2) is 0 Å². The molecule has 0 spiro atoms. The summed E-state index contributed by atoms with van der Waals surface area (Å²) >= 11 is 12.3. The molecule has 1 N–H and O–H groups in total. The van der Waals surface area contributed by atoms with Gasteiger partial charge in [-0.05, 0) is 42.7 Å². The number of sulfonamides is 1. The van der Waals surface area contributed by atoms with Crippen LogP contribution in [0.5, 0.6) is 0 Å². The van der Waals surface area contributed by atoms with Crippen LogP contribution in [-0.4, -0.2) is 39.8 Å². The Hall–Kier alpha value is -1.80. The first-order chi connectivity index (χ1) is 13.8. The maximum Gasteiger partial charge on any atom is 0.251 e. The van der Waals surface area contributed by atoms with Gasteiger partial charge in [-0.25, -0.2) is 8.42 Å². The molecule has 1 atom stereocenters. The summed E-state index contributed by atoms with van der Waals surface area (Å²) in [5.41, 5.74) is 1.51. The highest BCUT2D eigenvalue weighted by atomic mass is 35.5. The molecule has 1 aliphatic heterocycles. The predicted octanol–water partition coefficient (Wildman–Crippen LogP) is 3.87. The van der Waals surface area contributed by atoms with Crippen LogP contribution in [0.4, 0.5) is 5.69 Å². The van der Waals surface area contributed by atoms with Crippen LogP contribution in [0.2, 0.25) is 10.0 Å². The summed E-state index contributed by atoms with van der Waals surface area (Å²) in [5.74, 6) is -0.190. The van der Waals surface area contributed by atoms with Gasteiger partial charge in [-0.3, -0.25) is 9.10 Å². The molecule has 1 heterocycles. The van der Waals surface area contributed by atoms with Gasteiger partial charge in [-0.1, -0.05) is 41.4 Å². The summed E-state index contributed by atoms with van der Waals surface area (Å²) < 4.78 is 31.4. The van der Waals surface area contributed by atoms with Crippen LogP contribution in [0.25, 0.3) is 0 Å². The Morgan fingerprint density at radius 3 is 2.55 bits per heavy atom. The zero-order chi connectivity index (χ0) is 21.0. The van der Waals surface area contributed by atoms with Crippen LogP contribution in [0, 0.1) is 0 Å².